The van der Waals surface area contributed by atoms with Gasteiger partial charge in [0, 0.05) is 43.2 Å². The number of ether oxygens (including phenoxy) is 1. The molecule has 1 aliphatic heterocycles. The summed E-state index contributed by atoms with van der Waals surface area (Å²) in [6.45, 7) is 6.61. The number of aryl methyl sites for hydroxylation is 2. The zero-order valence-corrected chi connectivity index (χ0v) is 17.2. The third-order valence-corrected chi connectivity index (χ3v) is 5.06. The normalized spacial score (nSPS) is 16.6. The fraction of sp³-hybridized carbons (Fsp3) is 0.550. The molecular formula is C20H30N6O2. The van der Waals surface area contributed by atoms with E-state index in [1.54, 1.807) is 6.20 Å². The summed E-state index contributed by atoms with van der Waals surface area (Å²) in [5.41, 5.74) is 4.12. The standard InChI is InChI=1S/C20H30N6O2/c1-14-19(15(2)24-23-14)17-6-5-9-26(17)20(27)22-13-16-7-8-21-18(12-16)28-11-10-25(3)4/h7-8,12,17H,5-6,9-11,13H2,1-4H3,(H,22,27)(H,23,24). The number of nitrogens with one attached hydrogen (secondary N) is 2. The van der Waals surface area contributed by atoms with Crippen LogP contribution in [-0.2, 0) is 6.54 Å². The molecule has 0 aromatic carbocycles. The van der Waals surface area contributed by atoms with Gasteiger partial charge < -0.3 is 19.9 Å². The van der Waals surface area contributed by atoms with Crippen molar-refractivity contribution in [1.82, 2.24) is 30.3 Å². The van der Waals surface area contributed by atoms with Crippen LogP contribution in [0.4, 0.5) is 4.79 Å². The lowest BCUT2D eigenvalue weighted by molar-refractivity contribution is 0.192. The highest BCUT2D eigenvalue weighted by Gasteiger charge is 2.32. The van der Waals surface area contributed by atoms with Crippen LogP contribution in [0.5, 0.6) is 5.88 Å². The molecule has 3 rings (SSSR count). The molecule has 1 aliphatic rings. The number of rotatable bonds is 7. The molecule has 0 bridgehead atoms. The molecule has 2 N–H and O–H groups in total. The molecule has 8 heteroatoms. The van der Waals surface area contributed by atoms with Gasteiger partial charge in [0.2, 0.25) is 5.88 Å². The lowest BCUT2D eigenvalue weighted by Crippen LogP contribution is -2.39. The van der Waals surface area contributed by atoms with Gasteiger partial charge in [-0.1, -0.05) is 0 Å². The highest BCUT2D eigenvalue weighted by Crippen LogP contribution is 2.34. The van der Waals surface area contributed by atoms with Crippen LogP contribution >= 0.6 is 0 Å². The van der Waals surface area contributed by atoms with Crippen molar-refractivity contribution in [3.63, 3.8) is 0 Å². The molecule has 1 saturated heterocycles. The Morgan fingerprint density at radius 2 is 2.25 bits per heavy atom. The quantitative estimate of drug-likeness (QED) is 0.763. The number of carbonyl (C=O) groups excluding carboxylic acids is 1. The second kappa shape index (κ2) is 9.05. The predicted octanol–water partition coefficient (Wildman–Crippen LogP) is 2.41. The molecule has 0 radical (unpaired) electrons. The summed E-state index contributed by atoms with van der Waals surface area (Å²) in [4.78, 5) is 21.0. The lowest BCUT2D eigenvalue weighted by atomic mass is 10.0. The smallest absolute Gasteiger partial charge is 0.318 e. The van der Waals surface area contributed by atoms with Crippen molar-refractivity contribution in [2.45, 2.75) is 39.3 Å². The van der Waals surface area contributed by atoms with Crippen molar-refractivity contribution >= 4 is 6.03 Å². The van der Waals surface area contributed by atoms with Gasteiger partial charge in [-0.25, -0.2) is 9.78 Å². The van der Waals surface area contributed by atoms with E-state index < -0.39 is 0 Å². The molecule has 0 saturated carbocycles. The number of carbonyl (C=O) groups is 1. The maximum absolute atomic E-state index is 12.8. The highest BCUT2D eigenvalue weighted by molar-refractivity contribution is 5.75. The number of likely N-dealkylation sites (tertiary alicyclic amines) is 1. The van der Waals surface area contributed by atoms with Gasteiger partial charge in [0.1, 0.15) is 6.61 Å². The third-order valence-electron chi connectivity index (χ3n) is 5.06. The summed E-state index contributed by atoms with van der Waals surface area (Å²) >= 11 is 0. The number of amides is 2. The van der Waals surface area contributed by atoms with E-state index in [4.69, 9.17) is 4.74 Å². The molecule has 8 nitrogen and oxygen atoms in total. The summed E-state index contributed by atoms with van der Waals surface area (Å²) in [7, 11) is 4.00. The first-order valence-corrected chi connectivity index (χ1v) is 9.74. The van der Waals surface area contributed by atoms with Crippen LogP contribution in [0.1, 0.15) is 41.4 Å². The molecule has 2 aromatic heterocycles. The Morgan fingerprint density at radius 1 is 1.43 bits per heavy atom. The number of aromatic nitrogens is 3. The Bertz CT molecular complexity index is 784. The largest absolute Gasteiger partial charge is 0.476 e. The topological polar surface area (TPSA) is 86.4 Å². The minimum atomic E-state index is -0.0469. The highest BCUT2D eigenvalue weighted by atomic mass is 16.5. The first-order valence-electron chi connectivity index (χ1n) is 9.74. The second-order valence-corrected chi connectivity index (χ2v) is 7.51. The zero-order chi connectivity index (χ0) is 20.1. The summed E-state index contributed by atoms with van der Waals surface area (Å²) in [5.74, 6) is 0.581. The first-order chi connectivity index (χ1) is 13.5. The minimum Gasteiger partial charge on any atom is -0.476 e. The van der Waals surface area contributed by atoms with Crippen LogP contribution in [0.3, 0.4) is 0 Å². The number of aromatic amines is 1. The molecule has 152 valence electrons. The van der Waals surface area contributed by atoms with E-state index in [0.717, 1.165) is 48.4 Å². The average Bonchev–Trinajstić information content (AvgIpc) is 3.26. The Balaban J connectivity index is 1.58. The maximum atomic E-state index is 12.8. The zero-order valence-electron chi connectivity index (χ0n) is 17.2. The number of pyridine rings is 1. The summed E-state index contributed by atoms with van der Waals surface area (Å²) in [6.07, 6.45) is 3.68. The molecule has 2 amide bonds. The molecule has 0 aliphatic carbocycles. The fourth-order valence-electron chi connectivity index (χ4n) is 3.61. The Hall–Kier alpha value is -2.61. The van der Waals surface area contributed by atoms with Crippen LogP contribution in [0.25, 0.3) is 0 Å². The van der Waals surface area contributed by atoms with Gasteiger partial charge in [0.25, 0.3) is 0 Å². The van der Waals surface area contributed by atoms with Gasteiger partial charge in [-0.05, 0) is 52.4 Å². The molecule has 3 heterocycles. The lowest BCUT2D eigenvalue weighted by Gasteiger charge is -2.25. The van der Waals surface area contributed by atoms with Crippen molar-refractivity contribution in [2.24, 2.45) is 0 Å². The van der Waals surface area contributed by atoms with Crippen LogP contribution in [0.2, 0.25) is 0 Å². The number of urea groups is 1. The van der Waals surface area contributed by atoms with Crippen molar-refractivity contribution < 1.29 is 9.53 Å². The Morgan fingerprint density at radius 3 is 2.96 bits per heavy atom. The van der Waals surface area contributed by atoms with Crippen LogP contribution in [0.15, 0.2) is 18.3 Å². The van der Waals surface area contributed by atoms with Gasteiger partial charge >= 0.3 is 6.03 Å². The van der Waals surface area contributed by atoms with E-state index in [9.17, 15) is 4.79 Å². The van der Waals surface area contributed by atoms with Gasteiger partial charge in [-0.2, -0.15) is 5.10 Å². The summed E-state index contributed by atoms with van der Waals surface area (Å²) in [6, 6.07) is 3.81. The summed E-state index contributed by atoms with van der Waals surface area (Å²) in [5, 5.41) is 10.4. The van der Waals surface area contributed by atoms with E-state index in [0.29, 0.717) is 19.0 Å². The van der Waals surface area contributed by atoms with E-state index >= 15 is 0 Å². The van der Waals surface area contributed by atoms with Gasteiger partial charge in [0.05, 0.1) is 11.7 Å². The average molecular weight is 387 g/mol. The second-order valence-electron chi connectivity index (χ2n) is 7.51. The van der Waals surface area contributed by atoms with Crippen molar-refractivity contribution in [3.05, 3.63) is 40.8 Å². The van der Waals surface area contributed by atoms with E-state index in [2.05, 4.69) is 25.4 Å². The molecule has 1 atom stereocenters. The van der Waals surface area contributed by atoms with Crippen LogP contribution < -0.4 is 10.1 Å². The maximum Gasteiger partial charge on any atom is 0.318 e. The Kier molecular flexibility index (Phi) is 6.51. The summed E-state index contributed by atoms with van der Waals surface area (Å²) < 4.78 is 5.67. The van der Waals surface area contributed by atoms with Crippen molar-refractivity contribution in [1.29, 1.82) is 0 Å². The number of hydrogen-bond donors (Lipinski definition) is 2. The van der Waals surface area contributed by atoms with Gasteiger partial charge in [0.15, 0.2) is 0 Å². The predicted molar refractivity (Wildman–Crippen MR) is 107 cm³/mol. The minimum absolute atomic E-state index is 0.0469. The van der Waals surface area contributed by atoms with E-state index in [1.807, 2.05) is 45.0 Å². The first kappa shape index (κ1) is 20.1. The molecule has 1 unspecified atom stereocenters. The number of H-pyrrole nitrogens is 1. The van der Waals surface area contributed by atoms with Crippen LogP contribution in [0, 0.1) is 13.8 Å². The molecule has 2 aromatic rings. The fourth-order valence-corrected chi connectivity index (χ4v) is 3.61. The van der Waals surface area contributed by atoms with Crippen molar-refractivity contribution in [3.8, 4) is 5.88 Å². The Labute approximate surface area is 166 Å². The number of nitrogens with zero attached hydrogens (tertiary/aromatic N) is 4. The number of likely N-dealkylation sites (N-methyl/N-ethyl adjacent to an activating group) is 1. The van der Waals surface area contributed by atoms with E-state index in [1.165, 1.54) is 0 Å². The van der Waals surface area contributed by atoms with Gasteiger partial charge in [-0.3, -0.25) is 5.10 Å². The molecule has 28 heavy (non-hydrogen) atoms. The SMILES string of the molecule is Cc1n[nH]c(C)c1C1CCCN1C(=O)NCc1ccnc(OCCN(C)C)c1. The monoisotopic (exact) mass is 386 g/mol. The molecule has 0 spiro atoms. The molecule has 1 fully saturated rings. The molecular weight excluding hydrogens is 356 g/mol. The number of hydrogen-bond acceptors (Lipinski definition) is 5. The van der Waals surface area contributed by atoms with Gasteiger partial charge in [-0.15, -0.1) is 0 Å². The van der Waals surface area contributed by atoms with Crippen molar-refractivity contribution in [2.75, 3.05) is 33.8 Å². The third kappa shape index (κ3) is 4.81. The van der Waals surface area contributed by atoms with Crippen LogP contribution in [-0.4, -0.2) is 64.8 Å². The van der Waals surface area contributed by atoms with E-state index in [-0.39, 0.29) is 12.1 Å².